The summed E-state index contributed by atoms with van der Waals surface area (Å²) in [6.45, 7) is 4.83. The van der Waals surface area contributed by atoms with Gasteiger partial charge in [-0.2, -0.15) is 13.2 Å². The van der Waals surface area contributed by atoms with Crippen LogP contribution in [-0.4, -0.2) is 34.5 Å². The van der Waals surface area contributed by atoms with Gasteiger partial charge in [0, 0.05) is 24.1 Å². The molecule has 0 spiro atoms. The normalized spacial score (nSPS) is 28.8. The first kappa shape index (κ1) is 17.5. The fraction of sp³-hybridized carbons (Fsp3) is 0.722. The van der Waals surface area contributed by atoms with Gasteiger partial charge >= 0.3 is 6.18 Å². The van der Waals surface area contributed by atoms with Crippen LogP contribution in [-0.2, 0) is 11.0 Å². The van der Waals surface area contributed by atoms with Crippen molar-refractivity contribution in [2.45, 2.75) is 57.8 Å². The molecular weight excluding hydrogens is 345 g/mol. The van der Waals surface area contributed by atoms with Crippen LogP contribution in [0.15, 0.2) is 12.3 Å². The highest BCUT2D eigenvalue weighted by Crippen LogP contribution is 2.52. The third kappa shape index (κ3) is 2.93. The molecule has 2 aliphatic carbocycles. The zero-order valence-electron chi connectivity index (χ0n) is 14.9. The van der Waals surface area contributed by atoms with Gasteiger partial charge in [-0.25, -0.2) is 9.97 Å². The van der Waals surface area contributed by atoms with Crippen LogP contribution < -0.4 is 10.2 Å². The van der Waals surface area contributed by atoms with Gasteiger partial charge in [0.2, 0.25) is 11.9 Å². The molecule has 8 heteroatoms. The molecule has 2 bridgehead atoms. The van der Waals surface area contributed by atoms with Gasteiger partial charge in [-0.05, 0) is 37.7 Å². The highest BCUT2D eigenvalue weighted by atomic mass is 19.4. The molecular formula is C18H23F3N4O. The Bertz CT molecular complexity index is 717. The Morgan fingerprint density at radius 3 is 2.77 bits per heavy atom. The molecule has 4 fully saturated rings. The van der Waals surface area contributed by atoms with E-state index in [0.717, 1.165) is 37.9 Å². The van der Waals surface area contributed by atoms with E-state index in [0.29, 0.717) is 12.5 Å². The monoisotopic (exact) mass is 368 g/mol. The Morgan fingerprint density at radius 1 is 1.42 bits per heavy atom. The van der Waals surface area contributed by atoms with Crippen LogP contribution >= 0.6 is 0 Å². The first-order valence-corrected chi connectivity index (χ1v) is 9.17. The summed E-state index contributed by atoms with van der Waals surface area (Å²) in [5.41, 5.74) is -1.15. The van der Waals surface area contributed by atoms with Crippen LogP contribution in [0.1, 0.15) is 45.2 Å². The second-order valence-electron chi connectivity index (χ2n) is 8.33. The number of anilines is 1. The summed E-state index contributed by atoms with van der Waals surface area (Å²) in [5, 5.41) is 3.17. The molecule has 3 heterocycles. The number of nitrogens with zero attached hydrogens (tertiary/aromatic N) is 3. The lowest BCUT2D eigenvalue weighted by molar-refractivity contribution is -0.141. The zero-order valence-corrected chi connectivity index (χ0v) is 14.9. The highest BCUT2D eigenvalue weighted by molar-refractivity contribution is 5.86. The van der Waals surface area contributed by atoms with E-state index in [9.17, 15) is 18.0 Å². The van der Waals surface area contributed by atoms with E-state index in [1.54, 1.807) is 0 Å². The first-order valence-electron chi connectivity index (χ1n) is 9.17. The van der Waals surface area contributed by atoms with Crippen molar-refractivity contribution in [2.75, 3.05) is 11.4 Å². The molecule has 2 aliphatic heterocycles. The van der Waals surface area contributed by atoms with Crippen molar-refractivity contribution in [1.29, 1.82) is 0 Å². The van der Waals surface area contributed by atoms with Crippen LogP contribution in [0.5, 0.6) is 0 Å². The summed E-state index contributed by atoms with van der Waals surface area (Å²) >= 11 is 0. The number of hydrogen-bond donors (Lipinski definition) is 1. The number of amides is 1. The number of aromatic nitrogens is 2. The van der Waals surface area contributed by atoms with Crippen LogP contribution in [0, 0.1) is 17.3 Å². The van der Waals surface area contributed by atoms with Gasteiger partial charge in [0.25, 0.3) is 0 Å². The zero-order chi connectivity index (χ0) is 18.7. The van der Waals surface area contributed by atoms with Crippen molar-refractivity contribution in [3.8, 4) is 0 Å². The molecule has 5 rings (SSSR count). The van der Waals surface area contributed by atoms with Crippen LogP contribution in [0.4, 0.5) is 19.1 Å². The van der Waals surface area contributed by atoms with Crippen molar-refractivity contribution in [3.63, 3.8) is 0 Å². The second-order valence-corrected chi connectivity index (χ2v) is 8.33. The highest BCUT2D eigenvalue weighted by Gasteiger charge is 2.57. The lowest BCUT2D eigenvalue weighted by Gasteiger charge is -2.38. The van der Waals surface area contributed by atoms with E-state index in [1.807, 2.05) is 4.90 Å². The van der Waals surface area contributed by atoms with E-state index in [-0.39, 0.29) is 35.3 Å². The van der Waals surface area contributed by atoms with E-state index in [2.05, 4.69) is 29.1 Å². The minimum atomic E-state index is -4.48. The Morgan fingerprint density at radius 2 is 2.15 bits per heavy atom. The quantitative estimate of drug-likeness (QED) is 0.868. The maximum Gasteiger partial charge on any atom is 0.433 e. The van der Waals surface area contributed by atoms with Crippen molar-refractivity contribution in [3.05, 3.63) is 18.0 Å². The van der Waals surface area contributed by atoms with Crippen molar-refractivity contribution < 1.29 is 18.0 Å². The average molecular weight is 368 g/mol. The molecule has 142 valence electrons. The fourth-order valence-electron chi connectivity index (χ4n) is 4.47. The third-order valence-corrected chi connectivity index (χ3v) is 5.92. The van der Waals surface area contributed by atoms with Crippen molar-refractivity contribution in [2.24, 2.45) is 17.3 Å². The molecule has 4 aliphatic rings. The third-order valence-electron chi connectivity index (χ3n) is 5.92. The summed E-state index contributed by atoms with van der Waals surface area (Å²) in [4.78, 5) is 22.2. The number of carbonyl (C=O) groups is 1. The maximum atomic E-state index is 12.9. The van der Waals surface area contributed by atoms with Gasteiger partial charge in [0.1, 0.15) is 5.69 Å². The van der Waals surface area contributed by atoms with E-state index in [1.165, 1.54) is 0 Å². The molecule has 0 aromatic carbocycles. The largest absolute Gasteiger partial charge is 0.433 e. The standard InChI is InChI=1S/C18H23F3N4O/c1-10(2)8-17(4-5-17)15(26)24-14-11-7-12(14)25(9-11)16-22-6-3-13(23-16)18(19,20)21/h3,6,10-12,14H,4-5,7-9H2,1-2H3,(H,24,26). The molecule has 3 unspecified atom stereocenters. The van der Waals surface area contributed by atoms with Gasteiger partial charge in [-0.3, -0.25) is 4.79 Å². The van der Waals surface area contributed by atoms with E-state index >= 15 is 0 Å². The molecule has 3 atom stereocenters. The molecule has 26 heavy (non-hydrogen) atoms. The smallest absolute Gasteiger partial charge is 0.350 e. The summed E-state index contributed by atoms with van der Waals surface area (Å²) in [5.74, 6) is 0.943. The maximum absolute atomic E-state index is 12.9. The molecule has 0 radical (unpaired) electrons. The van der Waals surface area contributed by atoms with E-state index in [4.69, 9.17) is 0 Å². The Hall–Kier alpha value is -1.86. The van der Waals surface area contributed by atoms with Crippen LogP contribution in [0.2, 0.25) is 0 Å². The number of nitrogens with one attached hydrogen (secondary N) is 1. The van der Waals surface area contributed by atoms with Crippen LogP contribution in [0.25, 0.3) is 0 Å². The number of fused-ring (bicyclic) bond motifs is 1. The number of rotatable bonds is 5. The molecule has 1 N–H and O–H groups in total. The van der Waals surface area contributed by atoms with Gasteiger partial charge in [-0.15, -0.1) is 0 Å². The fourth-order valence-corrected chi connectivity index (χ4v) is 4.47. The minimum Gasteiger partial charge on any atom is -0.350 e. The molecule has 1 aromatic rings. The Balaban J connectivity index is 1.44. The SMILES string of the molecule is CC(C)CC1(C(=O)NC2C3CC2N(c2nccc(C(F)(F)F)n2)C3)CC1. The van der Waals surface area contributed by atoms with Gasteiger partial charge < -0.3 is 10.2 Å². The molecule has 2 saturated heterocycles. The Labute approximate surface area is 150 Å². The number of carbonyl (C=O) groups excluding carboxylic acids is 1. The predicted molar refractivity (Wildman–Crippen MR) is 89.3 cm³/mol. The first-order chi connectivity index (χ1) is 12.2. The van der Waals surface area contributed by atoms with Gasteiger partial charge in [-0.1, -0.05) is 13.8 Å². The number of alkyl halides is 3. The predicted octanol–water partition coefficient (Wildman–Crippen LogP) is 3.02. The van der Waals surface area contributed by atoms with Crippen LogP contribution in [0.3, 0.4) is 0 Å². The summed E-state index contributed by atoms with van der Waals surface area (Å²) in [6, 6.07) is 0.860. The van der Waals surface area contributed by atoms with Gasteiger partial charge in [0.15, 0.2) is 0 Å². The summed E-state index contributed by atoms with van der Waals surface area (Å²) in [6.07, 6.45) is 0.279. The van der Waals surface area contributed by atoms with Crippen molar-refractivity contribution >= 4 is 11.9 Å². The molecule has 1 aromatic heterocycles. The number of hydrogen-bond acceptors (Lipinski definition) is 4. The molecule has 2 saturated carbocycles. The Kier molecular flexibility index (Phi) is 3.93. The lowest BCUT2D eigenvalue weighted by atomic mass is 9.79. The summed E-state index contributed by atoms with van der Waals surface area (Å²) < 4.78 is 38.7. The average Bonchev–Trinajstić information content (AvgIpc) is 3.06. The molecule has 5 nitrogen and oxygen atoms in total. The molecule has 1 amide bonds. The topological polar surface area (TPSA) is 58.1 Å². The second kappa shape index (κ2) is 5.82. The van der Waals surface area contributed by atoms with Crippen molar-refractivity contribution in [1.82, 2.24) is 15.3 Å². The lowest BCUT2D eigenvalue weighted by Crippen LogP contribution is -2.56. The minimum absolute atomic E-state index is 0.00900. The van der Waals surface area contributed by atoms with Gasteiger partial charge in [0.05, 0.1) is 12.1 Å². The number of halogens is 3. The summed E-state index contributed by atoms with van der Waals surface area (Å²) in [7, 11) is 0. The van der Waals surface area contributed by atoms with E-state index < -0.39 is 11.9 Å².